The van der Waals surface area contributed by atoms with Gasteiger partial charge < -0.3 is 48.4 Å². The summed E-state index contributed by atoms with van der Waals surface area (Å²) in [6.07, 6.45) is 4.12. The van der Waals surface area contributed by atoms with Crippen molar-refractivity contribution in [1.82, 2.24) is 25.1 Å². The molecular weight excluding hydrogens is 1080 g/mol. The minimum absolute atomic E-state index is 0.195. The molecule has 77 heavy (non-hydrogen) atoms. The van der Waals surface area contributed by atoms with E-state index < -0.39 is 0 Å². The maximum absolute atomic E-state index is 12.4. The Bertz CT molecular complexity index is 3160. The molecule has 0 bridgehead atoms. The van der Waals surface area contributed by atoms with Crippen molar-refractivity contribution >= 4 is 76.9 Å². The Hall–Kier alpha value is -6.60. The van der Waals surface area contributed by atoms with E-state index in [0.717, 1.165) is 134 Å². The number of aromatic nitrogens is 2. The van der Waals surface area contributed by atoms with Gasteiger partial charge in [-0.15, -0.1) is 22.7 Å². The lowest BCUT2D eigenvalue weighted by atomic mass is 10.1. The largest absolute Gasteiger partial charge is 0.497 e. The Morgan fingerprint density at radius 1 is 0.558 bits per heavy atom. The van der Waals surface area contributed by atoms with Gasteiger partial charge in [-0.3, -0.25) is 0 Å². The summed E-state index contributed by atoms with van der Waals surface area (Å²) in [6, 6.07) is 48.3. The number of thiazole rings is 2. The second-order valence-electron chi connectivity index (χ2n) is 19.3. The first-order valence-electron chi connectivity index (χ1n) is 26.1. The van der Waals surface area contributed by atoms with Gasteiger partial charge in [0.2, 0.25) is 0 Å². The van der Waals surface area contributed by atoms with Gasteiger partial charge in [0, 0.05) is 73.6 Å². The fourth-order valence-electron chi connectivity index (χ4n) is 9.33. The number of nitrogens with zero attached hydrogens (tertiary/aromatic N) is 5. The number of methoxy groups -OCH3 is 2. The average molecular weight is 1140 g/mol. The molecule has 0 spiro atoms. The molecule has 14 nitrogen and oxygen atoms in total. The van der Waals surface area contributed by atoms with Crippen LogP contribution in [0.2, 0.25) is 0 Å². The van der Waals surface area contributed by atoms with E-state index in [4.69, 9.17) is 33.4 Å². The zero-order chi connectivity index (χ0) is 52.9. The van der Waals surface area contributed by atoms with Crippen LogP contribution in [-0.4, -0.2) is 123 Å². The van der Waals surface area contributed by atoms with E-state index in [9.17, 15) is 9.59 Å². The first-order chi connectivity index (χ1) is 37.7. The molecule has 4 aliphatic heterocycles. The zero-order valence-electron chi connectivity index (χ0n) is 43.3. The van der Waals surface area contributed by atoms with Gasteiger partial charge in [0.15, 0.2) is 0 Å². The lowest BCUT2D eigenvalue weighted by Gasteiger charge is -2.43. The van der Waals surface area contributed by atoms with Crippen LogP contribution in [0, 0.1) is 0 Å². The number of hydrogen-bond acceptors (Lipinski definition) is 14. The van der Waals surface area contributed by atoms with Crippen LogP contribution in [0.3, 0.4) is 0 Å². The van der Waals surface area contributed by atoms with Crippen molar-refractivity contribution in [2.24, 2.45) is 0 Å². The Morgan fingerprint density at radius 2 is 1.00 bits per heavy atom. The molecule has 4 aliphatic rings. The van der Waals surface area contributed by atoms with Crippen molar-refractivity contribution in [3.8, 4) is 32.6 Å². The first kappa shape index (κ1) is 53.8. The Morgan fingerprint density at radius 3 is 1.43 bits per heavy atom. The quantitative estimate of drug-likeness (QED) is 0.118. The summed E-state index contributed by atoms with van der Waals surface area (Å²) in [6.45, 7) is 7.13. The standard InChI is InChI=1S/C30H31N3O4S.C16H22N2O3.C14H10BrNOS/c1-35-25-11-12-27-28(17-25)38-29(31-27)22-7-9-23(10-8-22)33-18-26(19-33)37-24-13-15-32(16-14-24)30(34)36-20-21-5-3-2-4-6-21;19-16(20-12-13-4-2-1-3-5-13)18-8-6-14(7-9-18)21-15-10-17-11-15;1-17-11-6-7-12-13(8-11)18-14(16-12)9-2-4-10(15)5-3-9/h2-12,17,24,26H,13-16,18-20H2,1H3;1-5,14-15,17H,6-12H2;2-8H,1H3. The van der Waals surface area contributed by atoms with Crippen molar-refractivity contribution in [1.29, 1.82) is 0 Å². The van der Waals surface area contributed by atoms with Gasteiger partial charge in [0.05, 0.1) is 59.1 Å². The summed E-state index contributed by atoms with van der Waals surface area (Å²) < 4.78 is 37.0. The van der Waals surface area contributed by atoms with Gasteiger partial charge in [-0.25, -0.2) is 19.6 Å². The molecule has 12 rings (SSSR count). The third-order valence-electron chi connectivity index (χ3n) is 13.9. The number of carbonyl (C=O) groups is 2. The number of carbonyl (C=O) groups excluding carboxylic acids is 2. The minimum atomic E-state index is -0.240. The molecule has 2 amide bonds. The maximum Gasteiger partial charge on any atom is 0.410 e. The number of rotatable bonds is 13. The van der Waals surface area contributed by atoms with E-state index in [2.05, 4.69) is 67.5 Å². The summed E-state index contributed by atoms with van der Waals surface area (Å²) in [5.74, 6) is 1.72. The average Bonchev–Trinajstić information content (AvgIpc) is 4.11. The number of nitrogens with one attached hydrogen (secondary N) is 1. The lowest BCUT2D eigenvalue weighted by Crippen LogP contribution is -2.54. The summed E-state index contributed by atoms with van der Waals surface area (Å²) in [5.41, 5.74) is 7.48. The van der Waals surface area contributed by atoms with Crippen LogP contribution in [0.1, 0.15) is 36.8 Å². The third-order valence-corrected chi connectivity index (χ3v) is 16.6. The van der Waals surface area contributed by atoms with Crippen molar-refractivity contribution in [2.45, 2.75) is 63.3 Å². The first-order valence-corrected chi connectivity index (χ1v) is 28.6. The summed E-state index contributed by atoms with van der Waals surface area (Å²) >= 11 is 6.80. The van der Waals surface area contributed by atoms with Crippen LogP contribution in [0.5, 0.6) is 11.5 Å². The molecule has 6 heterocycles. The van der Waals surface area contributed by atoms with Crippen molar-refractivity contribution in [3.63, 3.8) is 0 Å². The van der Waals surface area contributed by atoms with E-state index >= 15 is 0 Å². The molecular formula is C60H63BrN6O8S2. The van der Waals surface area contributed by atoms with E-state index in [0.29, 0.717) is 32.4 Å². The fourth-order valence-corrected chi connectivity index (χ4v) is 11.6. The van der Waals surface area contributed by atoms with Crippen molar-refractivity contribution < 1.29 is 38.0 Å². The van der Waals surface area contributed by atoms with E-state index in [1.54, 1.807) is 46.7 Å². The molecule has 2 aromatic heterocycles. The third kappa shape index (κ3) is 14.5. The van der Waals surface area contributed by atoms with E-state index in [1.165, 1.54) is 5.69 Å². The van der Waals surface area contributed by atoms with Crippen LogP contribution in [-0.2, 0) is 32.2 Å². The Kier molecular flexibility index (Phi) is 18.3. The van der Waals surface area contributed by atoms with E-state index in [1.807, 2.05) is 109 Å². The number of benzene rings is 6. The highest BCUT2D eigenvalue weighted by Gasteiger charge is 2.33. The molecule has 0 unspecified atom stereocenters. The minimum Gasteiger partial charge on any atom is -0.497 e. The molecule has 0 saturated carbocycles. The highest BCUT2D eigenvalue weighted by atomic mass is 79.9. The smallest absolute Gasteiger partial charge is 0.410 e. The van der Waals surface area contributed by atoms with Gasteiger partial charge in [0.25, 0.3) is 0 Å². The topological polar surface area (TPSA) is 137 Å². The predicted octanol–water partition coefficient (Wildman–Crippen LogP) is 12.5. The molecule has 400 valence electrons. The summed E-state index contributed by atoms with van der Waals surface area (Å²) in [5, 5.41) is 5.25. The number of amides is 2. The Balaban J connectivity index is 0.000000145. The van der Waals surface area contributed by atoms with Crippen LogP contribution in [0.4, 0.5) is 15.3 Å². The molecule has 0 atom stereocenters. The highest BCUT2D eigenvalue weighted by molar-refractivity contribution is 9.10. The molecule has 4 fully saturated rings. The number of anilines is 1. The molecule has 6 aromatic carbocycles. The zero-order valence-corrected chi connectivity index (χ0v) is 46.5. The van der Waals surface area contributed by atoms with Crippen LogP contribution in [0.25, 0.3) is 41.6 Å². The molecule has 0 aliphatic carbocycles. The summed E-state index contributed by atoms with van der Waals surface area (Å²) in [7, 11) is 3.36. The summed E-state index contributed by atoms with van der Waals surface area (Å²) in [4.78, 5) is 39.8. The van der Waals surface area contributed by atoms with E-state index in [-0.39, 0.29) is 30.5 Å². The number of halogens is 1. The van der Waals surface area contributed by atoms with Crippen LogP contribution in [0.15, 0.2) is 150 Å². The van der Waals surface area contributed by atoms with Gasteiger partial charge in [-0.2, -0.15) is 0 Å². The number of likely N-dealkylation sites (tertiary alicyclic amines) is 2. The van der Waals surface area contributed by atoms with Gasteiger partial charge in [0.1, 0.15) is 34.7 Å². The monoisotopic (exact) mass is 1140 g/mol. The normalized spacial score (nSPS) is 16.1. The lowest BCUT2D eigenvalue weighted by molar-refractivity contribution is -0.0607. The van der Waals surface area contributed by atoms with Crippen LogP contribution < -0.4 is 19.7 Å². The second-order valence-corrected chi connectivity index (χ2v) is 22.3. The second kappa shape index (κ2) is 26.2. The molecule has 0 radical (unpaired) electrons. The molecule has 17 heteroatoms. The molecule has 8 aromatic rings. The predicted molar refractivity (Wildman–Crippen MR) is 308 cm³/mol. The number of ether oxygens (including phenoxy) is 6. The fraction of sp³-hybridized carbons (Fsp3) is 0.333. The number of piperidine rings is 2. The highest BCUT2D eigenvalue weighted by Crippen LogP contribution is 2.35. The van der Waals surface area contributed by atoms with Gasteiger partial charge in [-0.05, 0) is 110 Å². The van der Waals surface area contributed by atoms with Crippen molar-refractivity contribution in [3.05, 3.63) is 161 Å². The molecule has 1 N–H and O–H groups in total. The van der Waals surface area contributed by atoms with Gasteiger partial charge >= 0.3 is 12.2 Å². The number of fused-ring (bicyclic) bond motifs is 2. The molecule has 4 saturated heterocycles. The Labute approximate surface area is 466 Å². The van der Waals surface area contributed by atoms with Crippen LogP contribution >= 0.6 is 38.6 Å². The number of hydrogen-bond donors (Lipinski definition) is 1. The van der Waals surface area contributed by atoms with Gasteiger partial charge in [-0.1, -0.05) is 88.7 Å². The van der Waals surface area contributed by atoms with Crippen molar-refractivity contribution in [2.75, 3.05) is 71.5 Å². The SMILES string of the molecule is COc1ccc2nc(-c3ccc(Br)cc3)sc2c1.COc1ccc2nc(-c3ccc(N4CC(OC5CCN(C(=O)OCc6ccccc6)CC5)C4)cc3)sc2c1.O=C(OCc1ccccc1)N1CCC(OC2CNC2)CC1. The maximum atomic E-state index is 12.4.